The van der Waals surface area contributed by atoms with Crippen molar-refractivity contribution in [3.05, 3.63) is 41.5 Å². The minimum absolute atomic E-state index is 0.158. The van der Waals surface area contributed by atoms with Crippen molar-refractivity contribution in [3.63, 3.8) is 0 Å². The van der Waals surface area contributed by atoms with Crippen molar-refractivity contribution < 1.29 is 4.79 Å². The number of hydrogen-bond acceptors (Lipinski definition) is 5. The highest BCUT2D eigenvalue weighted by atomic mass is 16.1. The molecule has 162 valence electrons. The number of aromatic nitrogens is 1. The predicted molar refractivity (Wildman–Crippen MR) is 126 cm³/mol. The Balaban J connectivity index is 1.92. The summed E-state index contributed by atoms with van der Waals surface area (Å²) in [7, 11) is 2.08. The molecule has 0 atom stereocenters. The average molecular weight is 410 g/mol. The normalized spacial score (nSPS) is 14.6. The molecular weight excluding hydrogens is 374 g/mol. The van der Waals surface area contributed by atoms with Crippen molar-refractivity contribution in [2.75, 3.05) is 29.1 Å². The molecule has 1 saturated carbocycles. The van der Waals surface area contributed by atoms with Gasteiger partial charge in [-0.3, -0.25) is 4.79 Å². The number of primary amides is 1. The molecule has 1 aliphatic carbocycles. The van der Waals surface area contributed by atoms with Gasteiger partial charge in [-0.1, -0.05) is 39.7 Å². The fourth-order valence-electron chi connectivity index (χ4n) is 4.01. The lowest BCUT2D eigenvalue weighted by atomic mass is 9.96. The van der Waals surface area contributed by atoms with Gasteiger partial charge in [0, 0.05) is 48.7 Å². The van der Waals surface area contributed by atoms with Crippen molar-refractivity contribution >= 4 is 28.9 Å². The third-order valence-electron chi connectivity index (χ3n) is 5.43. The zero-order valence-electron chi connectivity index (χ0n) is 18.9. The van der Waals surface area contributed by atoms with Gasteiger partial charge in [-0.2, -0.15) is 0 Å². The van der Waals surface area contributed by atoms with Crippen LogP contribution >= 0.6 is 0 Å². The summed E-state index contributed by atoms with van der Waals surface area (Å²) in [6, 6.07) is 10.1. The van der Waals surface area contributed by atoms with Gasteiger partial charge in [0.15, 0.2) is 0 Å². The number of carbonyl (C=O) groups is 1. The Hall–Kier alpha value is -2.76. The topological polar surface area (TPSA) is 83.3 Å². The number of pyridine rings is 1. The molecule has 6 heteroatoms. The molecule has 0 aliphatic heterocycles. The molecule has 1 fully saturated rings. The van der Waals surface area contributed by atoms with Crippen LogP contribution in [0.15, 0.2) is 30.3 Å². The van der Waals surface area contributed by atoms with Crippen LogP contribution in [0.1, 0.15) is 62.4 Å². The van der Waals surface area contributed by atoms with E-state index in [0.29, 0.717) is 11.6 Å². The molecule has 1 aromatic carbocycles. The number of nitrogens with one attached hydrogen (secondary N) is 2. The van der Waals surface area contributed by atoms with Gasteiger partial charge >= 0.3 is 0 Å². The summed E-state index contributed by atoms with van der Waals surface area (Å²) in [6.45, 7) is 9.56. The molecule has 3 rings (SSSR count). The molecule has 2 aromatic rings. The van der Waals surface area contributed by atoms with Gasteiger partial charge in [-0.05, 0) is 42.9 Å². The number of nitrogens with zero attached hydrogens (tertiary/aromatic N) is 2. The summed E-state index contributed by atoms with van der Waals surface area (Å²) in [6.07, 6.45) is 4.98. The molecule has 0 spiro atoms. The first kappa shape index (κ1) is 21.9. The highest BCUT2D eigenvalue weighted by molar-refractivity contribution is 5.94. The maximum Gasteiger partial charge on any atom is 0.248 e. The van der Waals surface area contributed by atoms with Gasteiger partial charge in [0.05, 0.1) is 0 Å². The largest absolute Gasteiger partial charge is 0.382 e. The molecule has 0 unspecified atom stereocenters. The first-order valence-corrected chi connectivity index (χ1v) is 10.8. The number of anilines is 4. The lowest BCUT2D eigenvalue weighted by Crippen LogP contribution is -2.30. The van der Waals surface area contributed by atoms with E-state index in [4.69, 9.17) is 10.7 Å². The minimum Gasteiger partial charge on any atom is -0.382 e. The Labute approximate surface area is 180 Å². The van der Waals surface area contributed by atoms with Gasteiger partial charge in [0.1, 0.15) is 11.6 Å². The van der Waals surface area contributed by atoms with Crippen LogP contribution in [0.4, 0.5) is 23.0 Å². The van der Waals surface area contributed by atoms with Gasteiger partial charge < -0.3 is 21.3 Å². The van der Waals surface area contributed by atoms with E-state index in [1.54, 1.807) is 12.1 Å². The standard InChI is InChI=1S/C24H35N5O/c1-16-10-11-17(23(25)30)12-20(16)27-21-13-19(26-18-8-6-7-9-18)14-22(28-21)29(5)15-24(2,3)4/h10-14,18H,6-9,15H2,1-5H3,(H2,25,30)(H2,26,27,28). The van der Waals surface area contributed by atoms with E-state index in [1.807, 2.05) is 19.1 Å². The van der Waals surface area contributed by atoms with Crippen LogP contribution in [0.5, 0.6) is 0 Å². The molecule has 1 amide bonds. The maximum atomic E-state index is 11.6. The number of aryl methyl sites for hydroxylation is 1. The number of benzene rings is 1. The summed E-state index contributed by atoms with van der Waals surface area (Å²) in [4.78, 5) is 18.7. The quantitative estimate of drug-likeness (QED) is 0.595. The van der Waals surface area contributed by atoms with Crippen LogP contribution < -0.4 is 21.3 Å². The minimum atomic E-state index is -0.437. The monoisotopic (exact) mass is 409 g/mol. The van der Waals surface area contributed by atoms with Crippen molar-refractivity contribution in [2.45, 2.75) is 59.4 Å². The number of nitrogens with two attached hydrogens (primary N) is 1. The third-order valence-corrected chi connectivity index (χ3v) is 5.43. The predicted octanol–water partition coefficient (Wildman–Crippen LogP) is 5.07. The Bertz CT molecular complexity index is 897. The highest BCUT2D eigenvalue weighted by Gasteiger charge is 2.19. The molecule has 30 heavy (non-hydrogen) atoms. The fraction of sp³-hybridized carbons (Fsp3) is 0.500. The molecule has 0 bridgehead atoms. The van der Waals surface area contributed by atoms with Crippen LogP contribution in [-0.2, 0) is 0 Å². The van der Waals surface area contributed by atoms with E-state index < -0.39 is 5.91 Å². The second-order valence-electron chi connectivity index (χ2n) is 9.66. The maximum absolute atomic E-state index is 11.6. The molecule has 0 radical (unpaired) electrons. The summed E-state index contributed by atoms with van der Waals surface area (Å²) in [5.74, 6) is 1.23. The van der Waals surface area contributed by atoms with E-state index in [2.05, 4.69) is 49.4 Å². The number of hydrogen-bond donors (Lipinski definition) is 3. The summed E-state index contributed by atoms with van der Waals surface area (Å²) in [5, 5.41) is 7.09. The van der Waals surface area contributed by atoms with E-state index in [1.165, 1.54) is 25.7 Å². The second kappa shape index (κ2) is 8.94. The first-order valence-electron chi connectivity index (χ1n) is 10.8. The summed E-state index contributed by atoms with van der Waals surface area (Å²) >= 11 is 0. The zero-order chi connectivity index (χ0) is 21.9. The van der Waals surface area contributed by atoms with E-state index in [-0.39, 0.29) is 5.41 Å². The lowest BCUT2D eigenvalue weighted by molar-refractivity contribution is 0.100. The molecular formula is C24H35N5O. The lowest BCUT2D eigenvalue weighted by Gasteiger charge is -2.28. The summed E-state index contributed by atoms with van der Waals surface area (Å²) < 4.78 is 0. The second-order valence-corrected chi connectivity index (χ2v) is 9.66. The van der Waals surface area contributed by atoms with Crippen molar-refractivity contribution in [3.8, 4) is 0 Å². The Morgan fingerprint density at radius 2 is 1.90 bits per heavy atom. The van der Waals surface area contributed by atoms with Gasteiger partial charge in [-0.15, -0.1) is 0 Å². The Morgan fingerprint density at radius 3 is 2.53 bits per heavy atom. The number of amides is 1. The van der Waals surface area contributed by atoms with Gasteiger partial charge in [0.2, 0.25) is 5.91 Å². The van der Waals surface area contributed by atoms with Crippen LogP contribution in [0.2, 0.25) is 0 Å². The van der Waals surface area contributed by atoms with Crippen LogP contribution in [0, 0.1) is 12.3 Å². The summed E-state index contributed by atoms with van der Waals surface area (Å²) in [5.41, 5.74) is 9.03. The number of rotatable bonds is 7. The average Bonchev–Trinajstić information content (AvgIpc) is 3.14. The molecule has 6 nitrogen and oxygen atoms in total. The van der Waals surface area contributed by atoms with Gasteiger partial charge in [0.25, 0.3) is 0 Å². The molecule has 1 aliphatic rings. The first-order chi connectivity index (χ1) is 14.1. The van der Waals surface area contributed by atoms with E-state index in [9.17, 15) is 4.79 Å². The molecule has 1 heterocycles. The smallest absolute Gasteiger partial charge is 0.248 e. The fourth-order valence-corrected chi connectivity index (χ4v) is 4.01. The third kappa shape index (κ3) is 5.88. The van der Waals surface area contributed by atoms with Crippen LogP contribution in [0.3, 0.4) is 0 Å². The molecule has 1 aromatic heterocycles. The Kier molecular flexibility index (Phi) is 6.54. The zero-order valence-corrected chi connectivity index (χ0v) is 18.9. The van der Waals surface area contributed by atoms with Crippen molar-refractivity contribution in [1.82, 2.24) is 4.98 Å². The van der Waals surface area contributed by atoms with Crippen molar-refractivity contribution in [2.24, 2.45) is 11.1 Å². The van der Waals surface area contributed by atoms with E-state index in [0.717, 1.165) is 35.1 Å². The SMILES string of the molecule is Cc1ccc(C(N)=O)cc1Nc1cc(NC2CCCC2)cc(N(C)CC(C)(C)C)n1. The Morgan fingerprint density at radius 1 is 1.20 bits per heavy atom. The van der Waals surface area contributed by atoms with Crippen molar-refractivity contribution in [1.29, 1.82) is 0 Å². The number of carbonyl (C=O) groups excluding carboxylic acids is 1. The highest BCUT2D eigenvalue weighted by Crippen LogP contribution is 2.29. The van der Waals surface area contributed by atoms with Crippen LogP contribution in [0.25, 0.3) is 0 Å². The molecule has 0 saturated heterocycles. The van der Waals surface area contributed by atoms with E-state index >= 15 is 0 Å². The van der Waals surface area contributed by atoms with Crippen LogP contribution in [-0.4, -0.2) is 30.5 Å². The molecule has 4 N–H and O–H groups in total. The van der Waals surface area contributed by atoms with Gasteiger partial charge in [-0.25, -0.2) is 4.98 Å².